The number of hydrogen-bond acceptors (Lipinski definition) is 7. The topological polar surface area (TPSA) is 91.3 Å². The van der Waals surface area contributed by atoms with Crippen LogP contribution in [0.25, 0.3) is 0 Å². The predicted molar refractivity (Wildman–Crippen MR) is 94.4 cm³/mol. The van der Waals surface area contributed by atoms with Crippen LogP contribution in [-0.2, 0) is 6.42 Å². The summed E-state index contributed by atoms with van der Waals surface area (Å²) in [7, 11) is 1.41. The van der Waals surface area contributed by atoms with Crippen molar-refractivity contribution in [3.8, 4) is 28.7 Å². The first kappa shape index (κ1) is 17.2. The third kappa shape index (κ3) is 2.66. The van der Waals surface area contributed by atoms with Gasteiger partial charge in [0.15, 0.2) is 23.6 Å². The van der Waals surface area contributed by atoms with Crippen LogP contribution in [0.2, 0.25) is 0 Å². The predicted octanol–water partition coefficient (Wildman–Crippen LogP) is 2.68. The van der Waals surface area contributed by atoms with E-state index in [0.717, 1.165) is 5.56 Å². The lowest BCUT2D eigenvalue weighted by Gasteiger charge is -2.28. The number of methoxy groups -OCH3 is 1. The Bertz CT molecular complexity index is 948. The largest absolute Gasteiger partial charge is 0.507 e. The van der Waals surface area contributed by atoms with Crippen LogP contribution in [0.5, 0.6) is 28.7 Å². The Kier molecular flexibility index (Phi) is 4.14. The second-order valence-corrected chi connectivity index (χ2v) is 6.51. The molecule has 0 saturated carbocycles. The first-order chi connectivity index (χ1) is 13.0. The molecule has 2 aliphatic heterocycles. The van der Waals surface area contributed by atoms with E-state index in [0.29, 0.717) is 29.8 Å². The molecule has 2 aromatic carbocycles. The van der Waals surface area contributed by atoms with Crippen molar-refractivity contribution < 1.29 is 33.6 Å². The molecule has 140 valence electrons. The highest BCUT2D eigenvalue weighted by Crippen LogP contribution is 2.45. The minimum Gasteiger partial charge on any atom is -0.507 e. The van der Waals surface area contributed by atoms with Gasteiger partial charge in [0.25, 0.3) is 0 Å². The lowest BCUT2D eigenvalue weighted by molar-refractivity contribution is 0.0823. The van der Waals surface area contributed by atoms with Crippen molar-refractivity contribution in [3.63, 3.8) is 0 Å². The lowest BCUT2D eigenvalue weighted by Crippen LogP contribution is -2.31. The Hall–Kier alpha value is -3.22. The van der Waals surface area contributed by atoms with Crippen molar-refractivity contribution in [2.75, 3.05) is 20.5 Å². The van der Waals surface area contributed by atoms with Gasteiger partial charge < -0.3 is 24.1 Å². The molecule has 1 N–H and O–H groups in total. The molecule has 0 spiro atoms. The number of Topliss-reactive ketones (excluding diaryl/α,β-unsaturated/α-hetero) is 1. The van der Waals surface area contributed by atoms with E-state index in [9.17, 15) is 14.7 Å². The van der Waals surface area contributed by atoms with Crippen molar-refractivity contribution in [2.24, 2.45) is 5.92 Å². The van der Waals surface area contributed by atoms with E-state index in [2.05, 4.69) is 0 Å². The molecule has 2 heterocycles. The van der Waals surface area contributed by atoms with E-state index in [1.807, 2.05) is 18.2 Å². The molecule has 27 heavy (non-hydrogen) atoms. The monoisotopic (exact) mass is 370 g/mol. The molecule has 0 aliphatic carbocycles. The molecule has 0 bridgehead atoms. The average Bonchev–Trinajstić information content (AvgIpc) is 3.13. The summed E-state index contributed by atoms with van der Waals surface area (Å²) < 4.78 is 21.7. The quantitative estimate of drug-likeness (QED) is 0.828. The maximum Gasteiger partial charge on any atom is 0.231 e. The molecule has 0 saturated heterocycles. The number of carbonyl (C=O) groups is 2. The van der Waals surface area contributed by atoms with Crippen LogP contribution >= 0.6 is 0 Å². The molecular formula is C20H18O7. The van der Waals surface area contributed by atoms with Crippen LogP contribution in [0.1, 0.15) is 31.8 Å². The summed E-state index contributed by atoms with van der Waals surface area (Å²) in [6.45, 7) is 1.88. The normalized spacial score (nSPS) is 17.3. The van der Waals surface area contributed by atoms with Crippen molar-refractivity contribution in [3.05, 3.63) is 40.5 Å². The molecule has 1 atom stereocenters. The molecule has 2 aliphatic rings. The van der Waals surface area contributed by atoms with Gasteiger partial charge in [-0.05, 0) is 31.0 Å². The van der Waals surface area contributed by atoms with Gasteiger partial charge in [-0.15, -0.1) is 0 Å². The van der Waals surface area contributed by atoms with Gasteiger partial charge in [0.1, 0.15) is 22.8 Å². The van der Waals surface area contributed by atoms with E-state index in [-0.39, 0.29) is 47.6 Å². The van der Waals surface area contributed by atoms with Gasteiger partial charge in [-0.2, -0.15) is 0 Å². The zero-order valence-electron chi connectivity index (χ0n) is 14.9. The smallest absolute Gasteiger partial charge is 0.231 e. The number of rotatable bonds is 4. The summed E-state index contributed by atoms with van der Waals surface area (Å²) in [5.41, 5.74) is 1.42. The standard InChI is InChI=1S/C20H18O7/c1-10-17(22)13(7-21)20-16(19(10)24-2)18(23)12(8-25-20)5-11-3-4-14-15(6-11)27-9-26-14/h3-4,6-7,12,22H,5,8-9H2,1-2H3. The number of ketones is 1. The van der Waals surface area contributed by atoms with Crippen LogP contribution < -0.4 is 18.9 Å². The zero-order valence-corrected chi connectivity index (χ0v) is 14.9. The molecular weight excluding hydrogens is 352 g/mol. The number of hydrogen-bond donors (Lipinski definition) is 1. The molecule has 1 unspecified atom stereocenters. The van der Waals surface area contributed by atoms with Crippen molar-refractivity contribution >= 4 is 12.1 Å². The first-order valence-electron chi connectivity index (χ1n) is 8.49. The highest BCUT2D eigenvalue weighted by molar-refractivity contribution is 6.07. The van der Waals surface area contributed by atoms with Gasteiger partial charge in [0, 0.05) is 5.56 Å². The van der Waals surface area contributed by atoms with Crippen LogP contribution in [-0.4, -0.2) is 37.7 Å². The molecule has 7 nitrogen and oxygen atoms in total. The Morgan fingerprint density at radius 2 is 2.04 bits per heavy atom. The number of carbonyl (C=O) groups excluding carboxylic acids is 2. The summed E-state index contributed by atoms with van der Waals surface area (Å²) in [4.78, 5) is 24.6. The fourth-order valence-electron chi connectivity index (χ4n) is 3.55. The molecule has 0 fully saturated rings. The van der Waals surface area contributed by atoms with Crippen molar-refractivity contribution in [1.29, 1.82) is 0 Å². The molecule has 7 heteroatoms. The van der Waals surface area contributed by atoms with E-state index < -0.39 is 5.92 Å². The SMILES string of the molecule is COc1c(C)c(O)c(C=O)c2c1C(=O)C(Cc1ccc3c(c1)OCO3)CO2. The zero-order chi connectivity index (χ0) is 19.1. The molecule has 0 aromatic heterocycles. The van der Waals surface area contributed by atoms with E-state index in [1.54, 1.807) is 6.92 Å². The molecule has 4 rings (SSSR count). The summed E-state index contributed by atoms with van der Waals surface area (Å²) in [5.74, 6) is 0.776. The Labute approximate surface area is 155 Å². The van der Waals surface area contributed by atoms with E-state index in [1.165, 1.54) is 7.11 Å². The minimum absolute atomic E-state index is 0.0295. The third-order valence-corrected chi connectivity index (χ3v) is 4.94. The van der Waals surface area contributed by atoms with Gasteiger partial charge >= 0.3 is 0 Å². The second-order valence-electron chi connectivity index (χ2n) is 6.51. The number of aldehydes is 1. The number of phenolic OH excluding ortho intramolecular Hbond substituents is 1. The van der Waals surface area contributed by atoms with Crippen LogP contribution in [0.15, 0.2) is 18.2 Å². The second kappa shape index (κ2) is 6.50. The highest BCUT2D eigenvalue weighted by atomic mass is 16.7. The fraction of sp³-hybridized carbons (Fsp3) is 0.300. The Morgan fingerprint density at radius 1 is 1.26 bits per heavy atom. The van der Waals surface area contributed by atoms with E-state index >= 15 is 0 Å². The molecule has 2 aromatic rings. The number of fused-ring (bicyclic) bond motifs is 2. The number of phenols is 1. The van der Waals surface area contributed by atoms with Crippen LogP contribution in [0.4, 0.5) is 0 Å². The highest BCUT2D eigenvalue weighted by Gasteiger charge is 2.36. The first-order valence-corrected chi connectivity index (χ1v) is 8.49. The summed E-state index contributed by atoms with van der Waals surface area (Å²) in [5, 5.41) is 10.2. The number of ether oxygens (including phenoxy) is 4. The van der Waals surface area contributed by atoms with Crippen molar-refractivity contribution in [1.82, 2.24) is 0 Å². The van der Waals surface area contributed by atoms with Crippen LogP contribution in [0, 0.1) is 12.8 Å². The van der Waals surface area contributed by atoms with Crippen molar-refractivity contribution in [2.45, 2.75) is 13.3 Å². The molecule has 0 amide bonds. The van der Waals surface area contributed by atoms with Gasteiger partial charge in [0.05, 0.1) is 25.2 Å². The van der Waals surface area contributed by atoms with Gasteiger partial charge in [0.2, 0.25) is 6.79 Å². The van der Waals surface area contributed by atoms with Gasteiger partial charge in [-0.1, -0.05) is 6.07 Å². The van der Waals surface area contributed by atoms with E-state index in [4.69, 9.17) is 18.9 Å². The lowest BCUT2D eigenvalue weighted by atomic mass is 9.86. The van der Waals surface area contributed by atoms with Gasteiger partial charge in [-0.3, -0.25) is 9.59 Å². The fourth-order valence-corrected chi connectivity index (χ4v) is 3.55. The number of benzene rings is 2. The maximum atomic E-state index is 13.2. The summed E-state index contributed by atoms with van der Waals surface area (Å²) in [6, 6.07) is 5.54. The average molecular weight is 370 g/mol. The van der Waals surface area contributed by atoms with Crippen LogP contribution in [0.3, 0.4) is 0 Å². The Balaban J connectivity index is 1.70. The maximum absolute atomic E-state index is 13.2. The van der Waals surface area contributed by atoms with Gasteiger partial charge in [-0.25, -0.2) is 0 Å². The Morgan fingerprint density at radius 3 is 2.78 bits per heavy atom. The summed E-state index contributed by atoms with van der Waals surface area (Å²) in [6.07, 6.45) is 0.931. The molecule has 0 radical (unpaired) electrons. The minimum atomic E-state index is -0.449. The number of aromatic hydroxyl groups is 1. The summed E-state index contributed by atoms with van der Waals surface area (Å²) >= 11 is 0. The third-order valence-electron chi connectivity index (χ3n) is 4.94.